The molecule has 90 valence electrons. The molecule has 0 bridgehead atoms. The fraction of sp³-hybridized carbons (Fsp3) is 0.500. The van der Waals surface area contributed by atoms with E-state index in [9.17, 15) is 13.2 Å². The Balaban J connectivity index is 0.00000106. The molecule has 0 N–H and O–H groups in total. The SMILES string of the molecule is CC.CCC1=CN=C(CC(F)(F)F)C=C=C1. The standard InChI is InChI=1S/C10H10F3N.C2H6/c1-2-8-4-3-5-9(14-7-8)6-10(11,12)13;1-2/h4-5,7H,2,6H2,1H3;1-2H3. The summed E-state index contributed by atoms with van der Waals surface area (Å²) < 4.78 is 36.0. The monoisotopic (exact) mass is 231 g/mol. The first-order valence-corrected chi connectivity index (χ1v) is 5.26. The van der Waals surface area contributed by atoms with E-state index in [1.165, 1.54) is 12.3 Å². The highest BCUT2D eigenvalue weighted by molar-refractivity contribution is 5.96. The summed E-state index contributed by atoms with van der Waals surface area (Å²) in [5.41, 5.74) is 3.54. The summed E-state index contributed by atoms with van der Waals surface area (Å²) in [5.74, 6) is 0. The van der Waals surface area contributed by atoms with E-state index >= 15 is 0 Å². The zero-order chi connectivity index (χ0) is 12.6. The first-order valence-electron chi connectivity index (χ1n) is 5.26. The van der Waals surface area contributed by atoms with E-state index < -0.39 is 12.6 Å². The molecule has 0 aromatic rings. The third kappa shape index (κ3) is 6.25. The molecule has 0 saturated heterocycles. The Morgan fingerprint density at radius 2 is 1.88 bits per heavy atom. The van der Waals surface area contributed by atoms with Crippen LogP contribution in [0.15, 0.2) is 34.6 Å². The molecule has 0 unspecified atom stereocenters. The van der Waals surface area contributed by atoms with Crippen LogP contribution in [0.2, 0.25) is 0 Å². The van der Waals surface area contributed by atoms with E-state index in [1.807, 2.05) is 20.8 Å². The van der Waals surface area contributed by atoms with Crippen molar-refractivity contribution < 1.29 is 13.2 Å². The lowest BCUT2D eigenvalue weighted by molar-refractivity contribution is -0.121. The molecule has 0 radical (unpaired) electrons. The van der Waals surface area contributed by atoms with Crippen LogP contribution in [0.25, 0.3) is 0 Å². The van der Waals surface area contributed by atoms with Gasteiger partial charge in [-0.2, -0.15) is 13.2 Å². The van der Waals surface area contributed by atoms with Crippen LogP contribution in [0, 0.1) is 0 Å². The fourth-order valence-electron chi connectivity index (χ4n) is 0.981. The van der Waals surface area contributed by atoms with Gasteiger partial charge in [0.25, 0.3) is 0 Å². The van der Waals surface area contributed by atoms with Crippen molar-refractivity contribution in [2.75, 3.05) is 0 Å². The smallest absolute Gasteiger partial charge is 0.260 e. The van der Waals surface area contributed by atoms with Crippen LogP contribution in [0.1, 0.15) is 33.6 Å². The second-order valence-corrected chi connectivity index (χ2v) is 2.93. The number of rotatable bonds is 2. The van der Waals surface area contributed by atoms with Gasteiger partial charge in [-0.1, -0.05) is 20.8 Å². The maximum atomic E-state index is 12.0. The van der Waals surface area contributed by atoms with Crippen LogP contribution < -0.4 is 0 Å². The van der Waals surface area contributed by atoms with Crippen molar-refractivity contribution in [3.05, 3.63) is 29.7 Å². The van der Waals surface area contributed by atoms with E-state index in [-0.39, 0.29) is 5.71 Å². The highest BCUT2D eigenvalue weighted by Crippen LogP contribution is 2.21. The first kappa shape index (κ1) is 14.7. The Bertz CT molecular complexity index is 329. The molecule has 0 spiro atoms. The average Bonchev–Trinajstić information content (AvgIpc) is 2.44. The number of aliphatic imine (C=N–C) groups is 1. The summed E-state index contributed by atoms with van der Waals surface area (Å²) in [6, 6.07) is 0. The topological polar surface area (TPSA) is 12.4 Å². The minimum Gasteiger partial charge on any atom is -0.260 e. The van der Waals surface area contributed by atoms with Gasteiger partial charge in [-0.3, -0.25) is 4.99 Å². The molecular formula is C12H16F3N. The van der Waals surface area contributed by atoms with Gasteiger partial charge in [0.15, 0.2) is 0 Å². The Morgan fingerprint density at radius 1 is 1.25 bits per heavy atom. The van der Waals surface area contributed by atoms with Gasteiger partial charge in [0.1, 0.15) is 0 Å². The van der Waals surface area contributed by atoms with Gasteiger partial charge in [-0.25, -0.2) is 0 Å². The molecule has 0 aromatic carbocycles. The van der Waals surface area contributed by atoms with Crippen molar-refractivity contribution in [2.45, 2.75) is 39.8 Å². The van der Waals surface area contributed by atoms with Gasteiger partial charge in [-0.05, 0) is 18.1 Å². The van der Waals surface area contributed by atoms with E-state index in [4.69, 9.17) is 0 Å². The number of nitrogens with zero attached hydrogens (tertiary/aromatic N) is 1. The maximum absolute atomic E-state index is 12.0. The van der Waals surface area contributed by atoms with Crippen molar-refractivity contribution in [3.8, 4) is 0 Å². The van der Waals surface area contributed by atoms with Crippen LogP contribution in [0.4, 0.5) is 13.2 Å². The van der Waals surface area contributed by atoms with Crippen molar-refractivity contribution in [3.63, 3.8) is 0 Å². The molecule has 4 heteroatoms. The van der Waals surface area contributed by atoms with E-state index in [2.05, 4.69) is 10.7 Å². The van der Waals surface area contributed by atoms with Crippen LogP contribution in [0.5, 0.6) is 0 Å². The highest BCUT2D eigenvalue weighted by Gasteiger charge is 2.28. The zero-order valence-electron chi connectivity index (χ0n) is 9.73. The summed E-state index contributed by atoms with van der Waals surface area (Å²) >= 11 is 0. The van der Waals surface area contributed by atoms with E-state index in [1.54, 1.807) is 6.08 Å². The number of allylic oxidation sites excluding steroid dienone is 2. The van der Waals surface area contributed by atoms with Crippen LogP contribution >= 0.6 is 0 Å². The highest BCUT2D eigenvalue weighted by atomic mass is 19.4. The minimum absolute atomic E-state index is 0.00259. The van der Waals surface area contributed by atoms with Crippen LogP contribution in [0.3, 0.4) is 0 Å². The quantitative estimate of drug-likeness (QED) is 0.623. The summed E-state index contributed by atoms with van der Waals surface area (Å²) in [4.78, 5) is 3.75. The van der Waals surface area contributed by atoms with Crippen molar-refractivity contribution in [1.82, 2.24) is 0 Å². The Labute approximate surface area is 94.1 Å². The van der Waals surface area contributed by atoms with Crippen molar-refractivity contribution in [1.29, 1.82) is 0 Å². The van der Waals surface area contributed by atoms with Crippen molar-refractivity contribution >= 4 is 5.71 Å². The molecule has 1 aliphatic heterocycles. The summed E-state index contributed by atoms with van der Waals surface area (Å²) in [6.45, 7) is 5.91. The molecule has 1 heterocycles. The van der Waals surface area contributed by atoms with E-state index in [0.29, 0.717) is 0 Å². The molecule has 0 aliphatic carbocycles. The zero-order valence-corrected chi connectivity index (χ0v) is 9.73. The first-order chi connectivity index (χ1) is 7.51. The van der Waals surface area contributed by atoms with Gasteiger partial charge in [0, 0.05) is 12.3 Å². The molecule has 0 aromatic heterocycles. The lowest BCUT2D eigenvalue weighted by Crippen LogP contribution is -2.12. The molecule has 0 saturated carbocycles. The van der Waals surface area contributed by atoms with Gasteiger partial charge >= 0.3 is 6.18 Å². The van der Waals surface area contributed by atoms with Crippen LogP contribution in [-0.4, -0.2) is 11.9 Å². The predicted molar refractivity (Wildman–Crippen MR) is 60.5 cm³/mol. The molecule has 0 amide bonds. The van der Waals surface area contributed by atoms with Crippen molar-refractivity contribution in [2.24, 2.45) is 4.99 Å². The summed E-state index contributed by atoms with van der Waals surface area (Å²) in [5, 5.41) is 0. The third-order valence-corrected chi connectivity index (χ3v) is 1.70. The lowest BCUT2D eigenvalue weighted by atomic mass is 10.2. The third-order valence-electron chi connectivity index (χ3n) is 1.70. The van der Waals surface area contributed by atoms with Gasteiger partial charge in [-0.15, -0.1) is 5.73 Å². The number of hydrogen-bond donors (Lipinski definition) is 0. The molecule has 0 atom stereocenters. The maximum Gasteiger partial charge on any atom is 0.394 e. The Kier molecular flexibility index (Phi) is 6.50. The Hall–Kier alpha value is -1.28. The molecule has 16 heavy (non-hydrogen) atoms. The molecule has 0 fully saturated rings. The molecule has 1 rings (SSSR count). The van der Waals surface area contributed by atoms with Gasteiger partial charge in [0.05, 0.1) is 12.1 Å². The fourth-order valence-corrected chi connectivity index (χ4v) is 0.981. The lowest BCUT2D eigenvalue weighted by Gasteiger charge is -2.03. The minimum atomic E-state index is -4.21. The van der Waals surface area contributed by atoms with E-state index in [0.717, 1.165) is 12.0 Å². The summed E-state index contributed by atoms with van der Waals surface area (Å²) in [6.07, 6.45) is -0.0936. The Morgan fingerprint density at radius 3 is 2.38 bits per heavy atom. The summed E-state index contributed by atoms with van der Waals surface area (Å²) in [7, 11) is 0. The molecule has 1 nitrogen and oxygen atoms in total. The molecule has 1 aliphatic rings. The normalized spacial score (nSPS) is 14.6. The van der Waals surface area contributed by atoms with Gasteiger partial charge < -0.3 is 0 Å². The largest absolute Gasteiger partial charge is 0.394 e. The second kappa shape index (κ2) is 7.07. The number of alkyl halides is 3. The molecular weight excluding hydrogens is 215 g/mol. The number of hydrogen-bond acceptors (Lipinski definition) is 1. The number of halogens is 3. The second-order valence-electron chi connectivity index (χ2n) is 2.93. The average molecular weight is 231 g/mol. The van der Waals surface area contributed by atoms with Crippen LogP contribution in [-0.2, 0) is 0 Å². The predicted octanol–water partition coefficient (Wildman–Crippen LogP) is 4.42. The van der Waals surface area contributed by atoms with Gasteiger partial charge in [0.2, 0.25) is 0 Å².